The van der Waals surface area contributed by atoms with E-state index in [4.69, 9.17) is 32.5 Å². The van der Waals surface area contributed by atoms with Gasteiger partial charge in [0.2, 0.25) is 5.95 Å². The lowest BCUT2D eigenvalue weighted by Gasteiger charge is -2.17. The Morgan fingerprint density at radius 2 is 1.70 bits per heavy atom. The monoisotopic (exact) mass is 528 g/mol. The van der Waals surface area contributed by atoms with E-state index < -0.39 is 23.9 Å². The fourth-order valence-corrected chi connectivity index (χ4v) is 3.90. The van der Waals surface area contributed by atoms with Crippen LogP contribution in [0, 0.1) is 0 Å². The number of nitrogens with one attached hydrogen (secondary N) is 2. The molecule has 0 fully saturated rings. The summed E-state index contributed by atoms with van der Waals surface area (Å²) < 4.78 is 9.92. The van der Waals surface area contributed by atoms with E-state index in [1.165, 1.54) is 0 Å². The molecule has 12 heteroatoms. The molecule has 0 aliphatic rings. The van der Waals surface area contributed by atoms with E-state index in [0.29, 0.717) is 28.0 Å². The predicted octanol–water partition coefficient (Wildman–Crippen LogP) is 3.06. The molecule has 37 heavy (non-hydrogen) atoms. The zero-order valence-electron chi connectivity index (χ0n) is 20.5. The number of anilines is 3. The number of nitrogens with zero attached hydrogens (tertiary/aromatic N) is 2. The highest BCUT2D eigenvalue weighted by Gasteiger charge is 2.24. The first-order valence-corrected chi connectivity index (χ1v) is 12.1. The van der Waals surface area contributed by atoms with Crippen molar-refractivity contribution in [1.82, 2.24) is 15.3 Å². The van der Waals surface area contributed by atoms with Crippen LogP contribution >= 0.6 is 11.6 Å². The number of esters is 2. The standard InChI is InChI=1S/C25H29ClN6O5/c1-3-36-19(33)12-11-18(24(35)37-4-2)30-23(34)14-5-8-16(9-6-14)29-13-15-7-10-17-20(21(15)26)22(27)32-25(28)31-17/h5-10,18,29H,3-4,11-13H2,1-2H3,(H,30,34)(H4,27,28,31,32)/t18-/m0/s1. The third-order valence-electron chi connectivity index (χ3n) is 5.38. The molecule has 11 nitrogen and oxygen atoms in total. The lowest BCUT2D eigenvalue weighted by atomic mass is 10.1. The summed E-state index contributed by atoms with van der Waals surface area (Å²) in [6, 6.07) is 9.28. The Morgan fingerprint density at radius 3 is 2.38 bits per heavy atom. The minimum absolute atomic E-state index is 0.0249. The van der Waals surface area contributed by atoms with E-state index in [2.05, 4.69) is 20.6 Å². The number of fused-ring (bicyclic) bond motifs is 1. The van der Waals surface area contributed by atoms with Gasteiger partial charge >= 0.3 is 11.9 Å². The van der Waals surface area contributed by atoms with Crippen molar-refractivity contribution in [2.75, 3.05) is 30.0 Å². The number of hydrogen-bond acceptors (Lipinski definition) is 10. The van der Waals surface area contributed by atoms with Crippen molar-refractivity contribution >= 4 is 57.8 Å². The first-order valence-electron chi connectivity index (χ1n) is 11.7. The fourth-order valence-electron chi connectivity index (χ4n) is 3.58. The van der Waals surface area contributed by atoms with Crippen molar-refractivity contribution in [3.8, 4) is 0 Å². The molecule has 0 saturated carbocycles. The maximum absolute atomic E-state index is 12.7. The number of benzene rings is 2. The Balaban J connectivity index is 1.64. The largest absolute Gasteiger partial charge is 0.466 e. The summed E-state index contributed by atoms with van der Waals surface area (Å²) in [4.78, 5) is 44.8. The molecule has 0 saturated heterocycles. The Hall–Kier alpha value is -4.12. The smallest absolute Gasteiger partial charge is 0.328 e. The SMILES string of the molecule is CCOC(=O)CC[C@H](NC(=O)c1ccc(NCc2ccc3nc(N)nc(N)c3c2Cl)cc1)C(=O)OCC. The van der Waals surface area contributed by atoms with Crippen molar-refractivity contribution in [3.05, 3.63) is 52.5 Å². The molecule has 1 atom stereocenters. The van der Waals surface area contributed by atoms with Gasteiger partial charge in [0.1, 0.15) is 11.9 Å². The predicted molar refractivity (Wildman–Crippen MR) is 141 cm³/mol. The molecule has 0 aliphatic carbocycles. The van der Waals surface area contributed by atoms with Gasteiger partial charge in [0, 0.05) is 24.2 Å². The summed E-state index contributed by atoms with van der Waals surface area (Å²) in [7, 11) is 0. The van der Waals surface area contributed by atoms with Crippen LogP contribution in [0.3, 0.4) is 0 Å². The fraction of sp³-hybridized carbons (Fsp3) is 0.320. The van der Waals surface area contributed by atoms with Gasteiger partial charge in [-0.05, 0) is 56.2 Å². The third kappa shape index (κ3) is 7.20. The van der Waals surface area contributed by atoms with Gasteiger partial charge in [0.25, 0.3) is 5.91 Å². The third-order valence-corrected chi connectivity index (χ3v) is 5.81. The van der Waals surface area contributed by atoms with Crippen LogP contribution in [0.15, 0.2) is 36.4 Å². The van der Waals surface area contributed by atoms with E-state index in [9.17, 15) is 14.4 Å². The number of rotatable bonds is 11. The molecular weight excluding hydrogens is 500 g/mol. The minimum Gasteiger partial charge on any atom is -0.466 e. The molecule has 0 radical (unpaired) electrons. The molecule has 1 heterocycles. The first kappa shape index (κ1) is 27.5. The van der Waals surface area contributed by atoms with E-state index >= 15 is 0 Å². The minimum atomic E-state index is -0.975. The second-order valence-corrected chi connectivity index (χ2v) is 8.33. The van der Waals surface area contributed by atoms with Crippen molar-refractivity contribution in [2.24, 2.45) is 0 Å². The van der Waals surface area contributed by atoms with E-state index in [-0.39, 0.29) is 37.8 Å². The summed E-state index contributed by atoms with van der Waals surface area (Å²) in [6.45, 7) is 4.12. The summed E-state index contributed by atoms with van der Waals surface area (Å²) in [6.07, 6.45) is 0.0423. The zero-order valence-corrected chi connectivity index (χ0v) is 21.3. The van der Waals surface area contributed by atoms with Crippen molar-refractivity contribution in [1.29, 1.82) is 0 Å². The molecule has 0 aliphatic heterocycles. The van der Waals surface area contributed by atoms with Crippen LogP contribution in [-0.4, -0.2) is 47.1 Å². The number of nitrogens with two attached hydrogens (primary N) is 2. The number of nitrogen functional groups attached to an aromatic ring is 2. The molecular formula is C25H29ClN6O5. The van der Waals surface area contributed by atoms with Gasteiger partial charge in [0.15, 0.2) is 0 Å². The maximum Gasteiger partial charge on any atom is 0.328 e. The molecule has 3 rings (SSSR count). The van der Waals surface area contributed by atoms with Crippen molar-refractivity contribution in [2.45, 2.75) is 39.3 Å². The van der Waals surface area contributed by atoms with Crippen LogP contribution in [0.1, 0.15) is 42.6 Å². The normalized spacial score (nSPS) is 11.5. The van der Waals surface area contributed by atoms with Gasteiger partial charge in [-0.25, -0.2) is 9.78 Å². The molecule has 1 amide bonds. The number of aromatic nitrogens is 2. The van der Waals surface area contributed by atoms with Crippen LogP contribution in [0.5, 0.6) is 0 Å². The number of halogens is 1. The molecule has 3 aromatic rings. The maximum atomic E-state index is 12.7. The second-order valence-electron chi connectivity index (χ2n) is 7.95. The van der Waals surface area contributed by atoms with Gasteiger partial charge in [0.05, 0.1) is 29.1 Å². The number of carbonyl (C=O) groups is 3. The van der Waals surface area contributed by atoms with Crippen LogP contribution < -0.4 is 22.1 Å². The summed E-state index contributed by atoms with van der Waals surface area (Å²) in [5, 5.41) is 6.82. The summed E-state index contributed by atoms with van der Waals surface area (Å²) >= 11 is 6.53. The van der Waals surface area contributed by atoms with Crippen LogP contribution in [-0.2, 0) is 25.6 Å². The highest BCUT2D eigenvalue weighted by molar-refractivity contribution is 6.37. The lowest BCUT2D eigenvalue weighted by molar-refractivity contribution is -0.146. The van der Waals surface area contributed by atoms with Gasteiger partial charge in [-0.1, -0.05) is 17.7 Å². The Labute approximate surface area is 218 Å². The molecule has 0 bridgehead atoms. The highest BCUT2D eigenvalue weighted by atomic mass is 35.5. The summed E-state index contributed by atoms with van der Waals surface area (Å²) in [5.74, 6) is -1.26. The molecule has 196 valence electrons. The van der Waals surface area contributed by atoms with Gasteiger partial charge in [-0.3, -0.25) is 9.59 Å². The number of ether oxygens (including phenoxy) is 2. The van der Waals surface area contributed by atoms with E-state index in [1.54, 1.807) is 44.2 Å². The molecule has 1 aromatic heterocycles. The van der Waals surface area contributed by atoms with E-state index in [1.807, 2.05) is 6.07 Å². The molecule has 0 unspecified atom stereocenters. The zero-order chi connectivity index (χ0) is 26.9. The number of carbonyl (C=O) groups excluding carboxylic acids is 3. The second kappa shape index (κ2) is 12.7. The molecule has 2 aromatic carbocycles. The van der Waals surface area contributed by atoms with Crippen molar-refractivity contribution in [3.63, 3.8) is 0 Å². The van der Waals surface area contributed by atoms with Gasteiger partial charge < -0.3 is 31.6 Å². The summed E-state index contributed by atoms with van der Waals surface area (Å²) in [5.41, 5.74) is 14.0. The number of hydrogen-bond donors (Lipinski definition) is 4. The van der Waals surface area contributed by atoms with Gasteiger partial charge in [-0.15, -0.1) is 0 Å². The Bertz CT molecular complexity index is 1280. The first-order chi connectivity index (χ1) is 17.7. The van der Waals surface area contributed by atoms with Gasteiger partial charge in [-0.2, -0.15) is 4.98 Å². The average molecular weight is 529 g/mol. The molecule has 6 N–H and O–H groups in total. The van der Waals surface area contributed by atoms with Crippen LogP contribution in [0.4, 0.5) is 17.5 Å². The highest BCUT2D eigenvalue weighted by Crippen LogP contribution is 2.31. The lowest BCUT2D eigenvalue weighted by Crippen LogP contribution is -2.42. The van der Waals surface area contributed by atoms with Crippen LogP contribution in [0.2, 0.25) is 5.02 Å². The Kier molecular flexibility index (Phi) is 9.45. The number of amides is 1. The quantitative estimate of drug-likeness (QED) is 0.271. The average Bonchev–Trinajstić information content (AvgIpc) is 2.86. The van der Waals surface area contributed by atoms with Crippen molar-refractivity contribution < 1.29 is 23.9 Å². The topological polar surface area (TPSA) is 172 Å². The Morgan fingerprint density at radius 1 is 1.00 bits per heavy atom. The molecule has 0 spiro atoms. The van der Waals surface area contributed by atoms with E-state index in [0.717, 1.165) is 11.3 Å². The van der Waals surface area contributed by atoms with Crippen LogP contribution in [0.25, 0.3) is 10.9 Å².